The number of carbonyl (C=O) groups is 1. The lowest BCUT2D eigenvalue weighted by Crippen LogP contribution is -2.04. The molecule has 2 aromatic heterocycles. The zero-order valence-electron chi connectivity index (χ0n) is 13.4. The fraction of sp³-hybridized carbons (Fsp3) is 0.105. The van der Waals surface area contributed by atoms with Crippen molar-refractivity contribution >= 4 is 28.0 Å². The second kappa shape index (κ2) is 6.24. The number of fused-ring (bicyclic) bond motifs is 3. The Morgan fingerprint density at radius 2 is 2.00 bits per heavy atom. The van der Waals surface area contributed by atoms with Crippen molar-refractivity contribution in [2.75, 3.05) is 6.61 Å². The van der Waals surface area contributed by atoms with Gasteiger partial charge in [-0.2, -0.15) is 4.98 Å². The van der Waals surface area contributed by atoms with Crippen LogP contribution in [0.4, 0.5) is 0 Å². The summed E-state index contributed by atoms with van der Waals surface area (Å²) in [4.78, 5) is 20.3. The highest BCUT2D eigenvalue weighted by Gasteiger charge is 2.15. The zero-order valence-corrected chi connectivity index (χ0v) is 13.4. The smallest absolute Gasteiger partial charge is 0.338 e. The molecule has 0 aliphatic heterocycles. The molecule has 0 N–H and O–H groups in total. The van der Waals surface area contributed by atoms with Crippen molar-refractivity contribution in [1.29, 1.82) is 0 Å². The van der Waals surface area contributed by atoms with Crippen LogP contribution in [0.15, 0.2) is 59.3 Å². The minimum absolute atomic E-state index is 0.294. The second-order valence-electron chi connectivity index (χ2n) is 5.31. The van der Waals surface area contributed by atoms with E-state index in [2.05, 4.69) is 9.97 Å². The maximum atomic E-state index is 11.9. The third-order valence-electron chi connectivity index (χ3n) is 3.69. The first-order valence-electron chi connectivity index (χ1n) is 7.83. The lowest BCUT2D eigenvalue weighted by atomic mass is 10.2. The third-order valence-corrected chi connectivity index (χ3v) is 3.69. The maximum Gasteiger partial charge on any atom is 0.338 e. The summed E-state index contributed by atoms with van der Waals surface area (Å²) in [7, 11) is 0. The van der Waals surface area contributed by atoms with Crippen LogP contribution < -0.4 is 4.74 Å². The second-order valence-corrected chi connectivity index (χ2v) is 5.31. The summed E-state index contributed by atoms with van der Waals surface area (Å²) in [6.45, 7) is 2.08. The summed E-state index contributed by atoms with van der Waals surface area (Å²) in [5.74, 6) is 0.359. The van der Waals surface area contributed by atoms with E-state index < -0.39 is 5.97 Å². The van der Waals surface area contributed by atoms with Crippen LogP contribution in [0, 0.1) is 0 Å². The Morgan fingerprint density at radius 3 is 2.88 bits per heavy atom. The molecule has 124 valence electrons. The Morgan fingerprint density at radius 1 is 1.12 bits per heavy atom. The van der Waals surface area contributed by atoms with E-state index in [1.807, 2.05) is 24.3 Å². The van der Waals surface area contributed by atoms with Gasteiger partial charge in [-0.1, -0.05) is 18.2 Å². The van der Waals surface area contributed by atoms with Crippen molar-refractivity contribution in [3.63, 3.8) is 0 Å². The standard InChI is InChI=1S/C19H14N2O4/c1-2-23-19(22)12-6-5-7-13(10-12)24-18-17-16(20-11-21-18)14-8-3-4-9-15(14)25-17/h3-11H,2H2,1H3. The number of ether oxygens (including phenoxy) is 2. The summed E-state index contributed by atoms with van der Waals surface area (Å²) in [6.07, 6.45) is 1.43. The van der Waals surface area contributed by atoms with Crippen LogP contribution in [0.25, 0.3) is 22.1 Å². The molecule has 0 saturated heterocycles. The molecule has 0 aliphatic carbocycles. The molecule has 0 fully saturated rings. The van der Waals surface area contributed by atoms with Gasteiger partial charge in [0, 0.05) is 5.39 Å². The molecule has 0 amide bonds. The van der Waals surface area contributed by atoms with Crippen molar-refractivity contribution in [2.45, 2.75) is 6.92 Å². The Labute approximate surface area is 143 Å². The number of aromatic nitrogens is 2. The van der Waals surface area contributed by atoms with E-state index in [0.29, 0.717) is 40.5 Å². The van der Waals surface area contributed by atoms with Gasteiger partial charge in [0.2, 0.25) is 5.58 Å². The van der Waals surface area contributed by atoms with E-state index >= 15 is 0 Å². The highest BCUT2D eigenvalue weighted by Crippen LogP contribution is 2.33. The molecule has 6 heteroatoms. The van der Waals surface area contributed by atoms with Gasteiger partial charge < -0.3 is 13.9 Å². The summed E-state index contributed by atoms with van der Waals surface area (Å²) in [6, 6.07) is 14.3. The fourth-order valence-electron chi connectivity index (χ4n) is 2.59. The number of hydrogen-bond acceptors (Lipinski definition) is 6. The molecule has 2 aromatic carbocycles. The Balaban J connectivity index is 1.74. The van der Waals surface area contributed by atoms with E-state index in [-0.39, 0.29) is 0 Å². The van der Waals surface area contributed by atoms with Crippen molar-refractivity contribution in [2.24, 2.45) is 0 Å². The van der Waals surface area contributed by atoms with Crippen molar-refractivity contribution < 1.29 is 18.7 Å². The molecule has 0 unspecified atom stereocenters. The molecule has 4 rings (SSSR count). The van der Waals surface area contributed by atoms with Gasteiger partial charge in [0.05, 0.1) is 12.2 Å². The van der Waals surface area contributed by atoms with Gasteiger partial charge in [0.1, 0.15) is 23.2 Å². The molecule has 4 aromatic rings. The number of nitrogens with zero attached hydrogens (tertiary/aromatic N) is 2. The van der Waals surface area contributed by atoms with Crippen LogP contribution in [0.1, 0.15) is 17.3 Å². The van der Waals surface area contributed by atoms with E-state index in [1.165, 1.54) is 6.33 Å². The number of para-hydroxylation sites is 1. The molecule has 0 bridgehead atoms. The molecular formula is C19H14N2O4. The third kappa shape index (κ3) is 2.78. The maximum absolute atomic E-state index is 11.9. The predicted octanol–water partition coefficient (Wildman–Crippen LogP) is 4.35. The van der Waals surface area contributed by atoms with Crippen LogP contribution in [-0.2, 0) is 4.74 Å². The first kappa shape index (κ1) is 15.1. The average molecular weight is 334 g/mol. The molecular weight excluding hydrogens is 320 g/mol. The number of benzene rings is 2. The Bertz CT molecular complexity index is 1070. The van der Waals surface area contributed by atoms with E-state index in [1.54, 1.807) is 31.2 Å². The average Bonchev–Trinajstić information content (AvgIpc) is 3.02. The summed E-state index contributed by atoms with van der Waals surface area (Å²) >= 11 is 0. The lowest BCUT2D eigenvalue weighted by molar-refractivity contribution is 0.0526. The highest BCUT2D eigenvalue weighted by atomic mass is 16.5. The first-order chi connectivity index (χ1) is 12.3. The number of rotatable bonds is 4. The largest absolute Gasteiger partial charge is 0.462 e. The summed E-state index contributed by atoms with van der Waals surface area (Å²) < 4.78 is 16.7. The number of carbonyl (C=O) groups excluding carboxylic acids is 1. The van der Waals surface area contributed by atoms with Gasteiger partial charge >= 0.3 is 5.97 Å². The molecule has 0 spiro atoms. The van der Waals surface area contributed by atoms with E-state index in [4.69, 9.17) is 13.9 Å². The SMILES string of the molecule is CCOC(=O)c1cccc(Oc2ncnc3c2oc2ccccc23)c1. The first-order valence-corrected chi connectivity index (χ1v) is 7.83. The molecule has 0 radical (unpaired) electrons. The fourth-order valence-corrected chi connectivity index (χ4v) is 2.59. The Hall–Kier alpha value is -3.41. The normalized spacial score (nSPS) is 10.9. The van der Waals surface area contributed by atoms with Crippen LogP contribution in [-0.4, -0.2) is 22.5 Å². The van der Waals surface area contributed by atoms with Crippen LogP contribution in [0.3, 0.4) is 0 Å². The van der Waals surface area contributed by atoms with Crippen LogP contribution in [0.5, 0.6) is 11.6 Å². The summed E-state index contributed by atoms with van der Waals surface area (Å²) in [5, 5.41) is 0.894. The number of furan rings is 1. The molecule has 6 nitrogen and oxygen atoms in total. The van der Waals surface area contributed by atoms with Crippen molar-refractivity contribution in [1.82, 2.24) is 9.97 Å². The molecule has 25 heavy (non-hydrogen) atoms. The predicted molar refractivity (Wildman–Crippen MR) is 91.8 cm³/mol. The van der Waals surface area contributed by atoms with Crippen LogP contribution >= 0.6 is 0 Å². The number of esters is 1. The van der Waals surface area contributed by atoms with Gasteiger partial charge in [-0.25, -0.2) is 9.78 Å². The van der Waals surface area contributed by atoms with E-state index in [0.717, 1.165) is 5.39 Å². The molecule has 0 atom stereocenters. The van der Waals surface area contributed by atoms with E-state index in [9.17, 15) is 4.79 Å². The van der Waals surface area contributed by atoms with Gasteiger partial charge in [-0.15, -0.1) is 0 Å². The van der Waals surface area contributed by atoms with Gasteiger partial charge in [0.25, 0.3) is 5.88 Å². The zero-order chi connectivity index (χ0) is 17.2. The van der Waals surface area contributed by atoms with Crippen molar-refractivity contribution in [3.8, 4) is 11.6 Å². The van der Waals surface area contributed by atoms with Gasteiger partial charge in [-0.05, 0) is 37.3 Å². The van der Waals surface area contributed by atoms with Crippen molar-refractivity contribution in [3.05, 3.63) is 60.4 Å². The topological polar surface area (TPSA) is 74.5 Å². The van der Waals surface area contributed by atoms with Crippen LogP contribution in [0.2, 0.25) is 0 Å². The molecule has 0 saturated carbocycles. The minimum Gasteiger partial charge on any atom is -0.462 e. The lowest BCUT2D eigenvalue weighted by Gasteiger charge is -2.06. The molecule has 2 heterocycles. The number of hydrogen-bond donors (Lipinski definition) is 0. The minimum atomic E-state index is -0.399. The Kier molecular flexibility index (Phi) is 3.78. The van der Waals surface area contributed by atoms with Gasteiger partial charge in [-0.3, -0.25) is 0 Å². The molecule has 0 aliphatic rings. The summed E-state index contributed by atoms with van der Waals surface area (Å²) in [5.41, 5.74) is 2.27. The van der Waals surface area contributed by atoms with Gasteiger partial charge in [0.15, 0.2) is 0 Å². The highest BCUT2D eigenvalue weighted by molar-refractivity contribution is 6.03. The monoisotopic (exact) mass is 334 g/mol. The quantitative estimate of drug-likeness (QED) is 0.517.